The van der Waals surface area contributed by atoms with Crippen molar-refractivity contribution < 1.29 is 27.8 Å². The van der Waals surface area contributed by atoms with Crippen LogP contribution in [0.1, 0.15) is 27.0 Å². The molecule has 1 heterocycles. The van der Waals surface area contributed by atoms with Crippen LogP contribution in [-0.4, -0.2) is 23.2 Å². The number of ether oxygens (including phenoxy) is 1. The fraction of sp³-hybridized carbons (Fsp3) is 0.182. The number of carboxylic acid groups (broad SMARTS) is 1. The van der Waals surface area contributed by atoms with E-state index in [0.29, 0.717) is 16.7 Å². The van der Waals surface area contributed by atoms with Gasteiger partial charge in [-0.1, -0.05) is 6.07 Å². The lowest BCUT2D eigenvalue weighted by Gasteiger charge is -2.16. The number of carboxylic acids is 1. The van der Waals surface area contributed by atoms with Gasteiger partial charge in [-0.15, -0.1) is 12.6 Å². The molecule has 3 aromatic rings. The zero-order valence-electron chi connectivity index (χ0n) is 16.3. The van der Waals surface area contributed by atoms with E-state index in [4.69, 9.17) is 4.74 Å². The maximum atomic E-state index is 13.0. The van der Waals surface area contributed by atoms with Crippen molar-refractivity contribution in [1.29, 1.82) is 0 Å². The molecule has 2 aromatic carbocycles. The van der Waals surface area contributed by atoms with E-state index in [9.17, 15) is 23.1 Å². The summed E-state index contributed by atoms with van der Waals surface area (Å²) in [6, 6.07) is 8.17. The number of carbonyl (C=O) groups is 1. The number of pyridine rings is 1. The molecule has 8 heteroatoms. The molecule has 0 unspecified atom stereocenters. The van der Waals surface area contributed by atoms with Gasteiger partial charge in [0.1, 0.15) is 0 Å². The van der Waals surface area contributed by atoms with Crippen LogP contribution in [0.15, 0.2) is 47.5 Å². The van der Waals surface area contributed by atoms with E-state index in [1.807, 2.05) is 0 Å². The highest BCUT2D eigenvalue weighted by Crippen LogP contribution is 2.40. The first-order chi connectivity index (χ1) is 14.0. The Morgan fingerprint density at radius 2 is 1.70 bits per heavy atom. The number of aromatic nitrogens is 1. The predicted octanol–water partition coefficient (Wildman–Crippen LogP) is 6.05. The Hall–Kier alpha value is -3.00. The predicted molar refractivity (Wildman–Crippen MR) is 110 cm³/mol. The summed E-state index contributed by atoms with van der Waals surface area (Å²) in [7, 11) is 1.42. The number of alkyl halides is 3. The topological polar surface area (TPSA) is 59.4 Å². The maximum Gasteiger partial charge on any atom is 0.416 e. The van der Waals surface area contributed by atoms with Crippen LogP contribution in [0.25, 0.3) is 22.3 Å². The molecule has 156 valence electrons. The van der Waals surface area contributed by atoms with E-state index >= 15 is 0 Å². The summed E-state index contributed by atoms with van der Waals surface area (Å²) >= 11 is 4.25. The molecule has 0 bridgehead atoms. The minimum absolute atomic E-state index is 0.136. The first-order valence-corrected chi connectivity index (χ1v) is 9.27. The van der Waals surface area contributed by atoms with Crippen molar-refractivity contribution in [2.45, 2.75) is 24.9 Å². The van der Waals surface area contributed by atoms with Crippen molar-refractivity contribution in [3.05, 3.63) is 64.8 Å². The van der Waals surface area contributed by atoms with Crippen molar-refractivity contribution >= 4 is 18.6 Å². The Labute approximate surface area is 176 Å². The lowest BCUT2D eigenvalue weighted by atomic mass is 9.92. The van der Waals surface area contributed by atoms with E-state index in [-0.39, 0.29) is 16.3 Å². The molecule has 30 heavy (non-hydrogen) atoms. The maximum absolute atomic E-state index is 13.0. The number of aromatic carboxylic acids is 1. The summed E-state index contributed by atoms with van der Waals surface area (Å²) in [5, 5.41) is 9.25. The fourth-order valence-electron chi connectivity index (χ4n) is 3.42. The van der Waals surface area contributed by atoms with Gasteiger partial charge in [-0.25, -0.2) is 9.78 Å². The number of aryl methyl sites for hydroxylation is 2. The van der Waals surface area contributed by atoms with Crippen LogP contribution in [-0.2, 0) is 6.18 Å². The van der Waals surface area contributed by atoms with Gasteiger partial charge in [-0.05, 0) is 60.9 Å². The summed E-state index contributed by atoms with van der Waals surface area (Å²) in [6.07, 6.45) is -2.89. The molecule has 3 rings (SSSR count). The molecule has 0 fully saturated rings. The number of methoxy groups -OCH3 is 1. The Morgan fingerprint density at radius 3 is 2.20 bits per heavy atom. The largest absolute Gasteiger partial charge is 0.481 e. The highest BCUT2D eigenvalue weighted by Gasteiger charge is 2.31. The highest BCUT2D eigenvalue weighted by atomic mass is 32.1. The lowest BCUT2D eigenvalue weighted by molar-refractivity contribution is -0.137. The highest BCUT2D eigenvalue weighted by molar-refractivity contribution is 7.80. The summed E-state index contributed by atoms with van der Waals surface area (Å²) in [5.41, 5.74) is 3.26. The smallest absolute Gasteiger partial charge is 0.416 e. The van der Waals surface area contributed by atoms with Crippen LogP contribution in [0, 0.1) is 13.8 Å². The fourth-order valence-corrected chi connectivity index (χ4v) is 3.76. The second-order valence-electron chi connectivity index (χ2n) is 6.80. The number of benzene rings is 2. The van der Waals surface area contributed by atoms with Gasteiger partial charge < -0.3 is 9.84 Å². The molecule has 0 aliphatic rings. The molecule has 0 amide bonds. The van der Waals surface area contributed by atoms with Crippen molar-refractivity contribution in [1.82, 2.24) is 4.98 Å². The first-order valence-electron chi connectivity index (χ1n) is 8.82. The van der Waals surface area contributed by atoms with Crippen LogP contribution >= 0.6 is 12.6 Å². The van der Waals surface area contributed by atoms with E-state index in [1.165, 1.54) is 13.2 Å². The van der Waals surface area contributed by atoms with Gasteiger partial charge in [-0.2, -0.15) is 13.2 Å². The van der Waals surface area contributed by atoms with Gasteiger partial charge in [0.15, 0.2) is 0 Å². The second kappa shape index (κ2) is 8.02. The molecule has 0 aliphatic heterocycles. The molecule has 4 nitrogen and oxygen atoms in total. The van der Waals surface area contributed by atoms with Crippen LogP contribution in [0.2, 0.25) is 0 Å². The third-order valence-corrected chi connectivity index (χ3v) is 5.10. The van der Waals surface area contributed by atoms with Crippen LogP contribution in [0.3, 0.4) is 0 Å². The van der Waals surface area contributed by atoms with Gasteiger partial charge >= 0.3 is 12.1 Å². The zero-order valence-corrected chi connectivity index (χ0v) is 17.2. The Balaban J connectivity index is 2.18. The van der Waals surface area contributed by atoms with Gasteiger partial charge in [-0.3, -0.25) is 0 Å². The molecule has 0 aliphatic carbocycles. The van der Waals surface area contributed by atoms with Gasteiger partial charge in [0, 0.05) is 27.8 Å². The average Bonchev–Trinajstić information content (AvgIpc) is 2.66. The van der Waals surface area contributed by atoms with Crippen molar-refractivity contribution in [2.24, 2.45) is 0 Å². The van der Waals surface area contributed by atoms with E-state index in [0.717, 1.165) is 28.8 Å². The minimum atomic E-state index is -4.47. The molecule has 0 saturated heterocycles. The average molecular weight is 433 g/mol. The molecule has 1 N–H and O–H groups in total. The summed E-state index contributed by atoms with van der Waals surface area (Å²) in [5.74, 6) is -0.781. The standard InChI is InChI=1S/C22H18F3NO3S/c1-11-6-13(21(27)28)7-12(2)19(11)14-8-17(20(29-3)26-10-14)16-5-4-15(9-18(16)30)22(23,24)25/h4-10,30H,1-3H3,(H,27,28). The van der Waals surface area contributed by atoms with E-state index in [1.54, 1.807) is 38.2 Å². The van der Waals surface area contributed by atoms with Crippen molar-refractivity contribution in [2.75, 3.05) is 7.11 Å². The molecule has 0 saturated carbocycles. The normalized spacial score (nSPS) is 11.4. The quantitative estimate of drug-likeness (QED) is 0.492. The number of nitrogens with zero attached hydrogens (tertiary/aromatic N) is 1. The summed E-state index contributed by atoms with van der Waals surface area (Å²) < 4.78 is 44.3. The van der Waals surface area contributed by atoms with Gasteiger partial charge in [0.25, 0.3) is 0 Å². The van der Waals surface area contributed by atoms with E-state index < -0.39 is 17.7 Å². The Kier molecular flexibility index (Phi) is 5.81. The number of hydrogen-bond acceptors (Lipinski definition) is 4. The van der Waals surface area contributed by atoms with Crippen LogP contribution in [0.5, 0.6) is 5.88 Å². The SMILES string of the molecule is COc1ncc(-c2c(C)cc(C(=O)O)cc2C)cc1-c1ccc(C(F)(F)F)cc1S. The summed E-state index contributed by atoms with van der Waals surface area (Å²) in [6.45, 7) is 3.59. The number of halogens is 3. The third kappa shape index (κ3) is 4.14. The van der Waals surface area contributed by atoms with Crippen LogP contribution in [0.4, 0.5) is 13.2 Å². The Bertz CT molecular complexity index is 1120. The molecule has 0 atom stereocenters. The van der Waals surface area contributed by atoms with Crippen molar-refractivity contribution in [3.8, 4) is 28.1 Å². The minimum Gasteiger partial charge on any atom is -0.481 e. The van der Waals surface area contributed by atoms with E-state index in [2.05, 4.69) is 17.6 Å². The molecule has 0 spiro atoms. The molecule has 0 radical (unpaired) electrons. The van der Waals surface area contributed by atoms with Crippen molar-refractivity contribution in [3.63, 3.8) is 0 Å². The number of rotatable bonds is 4. The second-order valence-corrected chi connectivity index (χ2v) is 7.28. The monoisotopic (exact) mass is 433 g/mol. The third-order valence-electron chi connectivity index (χ3n) is 4.73. The van der Waals surface area contributed by atoms with Gasteiger partial charge in [0.05, 0.1) is 18.2 Å². The Morgan fingerprint density at radius 1 is 1.07 bits per heavy atom. The lowest BCUT2D eigenvalue weighted by Crippen LogP contribution is -2.05. The zero-order chi connectivity index (χ0) is 22.2. The number of thiol groups is 1. The van der Waals surface area contributed by atoms with Crippen LogP contribution < -0.4 is 4.74 Å². The molecule has 1 aromatic heterocycles. The van der Waals surface area contributed by atoms with Gasteiger partial charge in [0.2, 0.25) is 5.88 Å². The summed E-state index contributed by atoms with van der Waals surface area (Å²) in [4.78, 5) is 15.7. The molecular formula is C22H18F3NO3S. The first kappa shape index (κ1) is 21.7. The molecular weight excluding hydrogens is 415 g/mol. The number of hydrogen-bond donors (Lipinski definition) is 2.